The standard InChI is InChI=1S/C17H17NO5S2/c1-3-6-14(20)23-9-13(19)18-16-15(17(21)22-4-2)11(10-25-16)12-7-5-8-24-12/h3,5-8,10H,4,9H2,1-2H3,(H,18,19). The van der Waals surface area contributed by atoms with Gasteiger partial charge in [-0.15, -0.1) is 22.7 Å². The number of thiophene rings is 2. The van der Waals surface area contributed by atoms with Crippen LogP contribution in [0, 0.1) is 0 Å². The molecule has 1 N–H and O–H groups in total. The van der Waals surface area contributed by atoms with Gasteiger partial charge in [-0.3, -0.25) is 4.79 Å². The molecule has 0 saturated heterocycles. The minimum atomic E-state index is -0.603. The molecule has 132 valence electrons. The molecular formula is C17H17NO5S2. The maximum Gasteiger partial charge on any atom is 0.341 e. The van der Waals surface area contributed by atoms with E-state index in [1.807, 2.05) is 17.5 Å². The Morgan fingerprint density at radius 1 is 1.24 bits per heavy atom. The van der Waals surface area contributed by atoms with Gasteiger partial charge in [0.25, 0.3) is 5.91 Å². The van der Waals surface area contributed by atoms with E-state index in [0.29, 0.717) is 16.1 Å². The molecule has 25 heavy (non-hydrogen) atoms. The van der Waals surface area contributed by atoms with Gasteiger partial charge in [-0.1, -0.05) is 12.1 Å². The molecule has 0 bridgehead atoms. The van der Waals surface area contributed by atoms with Crippen LogP contribution in [0.5, 0.6) is 0 Å². The highest BCUT2D eigenvalue weighted by atomic mass is 32.1. The van der Waals surface area contributed by atoms with Crippen molar-refractivity contribution >= 4 is 45.5 Å². The Morgan fingerprint density at radius 3 is 2.68 bits per heavy atom. The smallest absolute Gasteiger partial charge is 0.341 e. The minimum absolute atomic E-state index is 0.229. The zero-order valence-corrected chi connectivity index (χ0v) is 15.4. The van der Waals surface area contributed by atoms with Crippen molar-refractivity contribution in [2.45, 2.75) is 13.8 Å². The number of carbonyl (C=O) groups excluding carboxylic acids is 3. The van der Waals surface area contributed by atoms with Crippen molar-refractivity contribution in [1.82, 2.24) is 0 Å². The summed E-state index contributed by atoms with van der Waals surface area (Å²) in [4.78, 5) is 36.5. The molecule has 2 rings (SSSR count). The van der Waals surface area contributed by atoms with E-state index in [1.165, 1.54) is 34.8 Å². The molecule has 0 saturated carbocycles. The molecule has 0 spiro atoms. The van der Waals surface area contributed by atoms with Crippen molar-refractivity contribution in [2.75, 3.05) is 18.5 Å². The van der Waals surface area contributed by atoms with E-state index in [4.69, 9.17) is 9.47 Å². The number of amides is 1. The summed E-state index contributed by atoms with van der Waals surface area (Å²) in [6.07, 6.45) is 2.74. The Bertz CT molecular complexity index is 777. The van der Waals surface area contributed by atoms with Crippen LogP contribution in [0.2, 0.25) is 0 Å². The molecule has 1 amide bonds. The van der Waals surface area contributed by atoms with Crippen molar-refractivity contribution in [3.05, 3.63) is 40.6 Å². The Morgan fingerprint density at radius 2 is 2.04 bits per heavy atom. The number of allylic oxidation sites excluding steroid dienone is 1. The minimum Gasteiger partial charge on any atom is -0.462 e. The van der Waals surface area contributed by atoms with Crippen LogP contribution in [0.3, 0.4) is 0 Å². The summed E-state index contributed by atoms with van der Waals surface area (Å²) < 4.78 is 9.90. The molecule has 6 nitrogen and oxygen atoms in total. The maximum atomic E-state index is 12.3. The fraction of sp³-hybridized carbons (Fsp3) is 0.235. The first kappa shape index (κ1) is 18.9. The van der Waals surface area contributed by atoms with E-state index in [9.17, 15) is 14.4 Å². The van der Waals surface area contributed by atoms with Crippen molar-refractivity contribution in [2.24, 2.45) is 0 Å². The van der Waals surface area contributed by atoms with E-state index in [0.717, 1.165) is 4.88 Å². The molecule has 2 heterocycles. The van der Waals surface area contributed by atoms with E-state index in [2.05, 4.69) is 5.32 Å². The molecule has 0 aliphatic rings. The number of hydrogen-bond donors (Lipinski definition) is 1. The quantitative estimate of drug-likeness (QED) is 0.586. The zero-order chi connectivity index (χ0) is 18.2. The van der Waals surface area contributed by atoms with Crippen LogP contribution < -0.4 is 5.32 Å². The second-order valence-corrected chi connectivity index (χ2v) is 6.53. The first-order chi connectivity index (χ1) is 12.1. The third-order valence-electron chi connectivity index (χ3n) is 2.96. The fourth-order valence-corrected chi connectivity index (χ4v) is 3.74. The molecular weight excluding hydrogens is 362 g/mol. The normalized spacial score (nSPS) is 10.6. The van der Waals surface area contributed by atoms with Crippen LogP contribution in [-0.4, -0.2) is 31.1 Å². The Kier molecular flexibility index (Phi) is 6.91. The lowest BCUT2D eigenvalue weighted by atomic mass is 10.1. The Labute approximate surface area is 153 Å². The number of hydrogen-bond acceptors (Lipinski definition) is 7. The van der Waals surface area contributed by atoms with Gasteiger partial charge in [0.05, 0.1) is 6.61 Å². The van der Waals surface area contributed by atoms with Crippen LogP contribution in [0.4, 0.5) is 5.00 Å². The van der Waals surface area contributed by atoms with Crippen molar-refractivity contribution in [1.29, 1.82) is 0 Å². The lowest BCUT2D eigenvalue weighted by molar-refractivity contribution is -0.142. The van der Waals surface area contributed by atoms with Crippen LogP contribution in [0.15, 0.2) is 35.0 Å². The third kappa shape index (κ3) is 5.01. The SMILES string of the molecule is CC=CC(=O)OCC(=O)Nc1scc(-c2cccs2)c1C(=O)OCC. The van der Waals surface area contributed by atoms with Gasteiger partial charge < -0.3 is 14.8 Å². The van der Waals surface area contributed by atoms with Gasteiger partial charge in [-0.2, -0.15) is 0 Å². The highest BCUT2D eigenvalue weighted by Crippen LogP contribution is 2.38. The van der Waals surface area contributed by atoms with E-state index < -0.39 is 24.5 Å². The number of esters is 2. The van der Waals surface area contributed by atoms with Crippen LogP contribution in [0.1, 0.15) is 24.2 Å². The predicted octanol–water partition coefficient (Wildman–Crippen LogP) is 3.71. The van der Waals surface area contributed by atoms with Gasteiger partial charge in [0.1, 0.15) is 10.6 Å². The first-order valence-electron chi connectivity index (χ1n) is 7.48. The summed E-state index contributed by atoms with van der Waals surface area (Å²) in [5.74, 6) is -1.63. The lowest BCUT2D eigenvalue weighted by Gasteiger charge is -2.08. The summed E-state index contributed by atoms with van der Waals surface area (Å²) in [5, 5.41) is 6.68. The summed E-state index contributed by atoms with van der Waals surface area (Å²) in [5.41, 5.74) is 1.02. The van der Waals surface area contributed by atoms with E-state index >= 15 is 0 Å². The average Bonchev–Trinajstić information content (AvgIpc) is 3.22. The van der Waals surface area contributed by atoms with Gasteiger partial charge >= 0.3 is 11.9 Å². The number of anilines is 1. The number of ether oxygens (including phenoxy) is 2. The summed E-state index contributed by atoms with van der Waals surface area (Å²) in [6, 6.07) is 3.77. The van der Waals surface area contributed by atoms with E-state index in [-0.39, 0.29) is 6.61 Å². The van der Waals surface area contributed by atoms with Gasteiger partial charge in [-0.05, 0) is 25.3 Å². The van der Waals surface area contributed by atoms with Gasteiger partial charge in [0.2, 0.25) is 0 Å². The number of carbonyl (C=O) groups is 3. The van der Waals surface area contributed by atoms with Crippen LogP contribution in [-0.2, 0) is 19.1 Å². The molecule has 0 atom stereocenters. The maximum absolute atomic E-state index is 12.3. The molecule has 0 fully saturated rings. The molecule has 0 radical (unpaired) electrons. The predicted molar refractivity (Wildman–Crippen MR) is 98.0 cm³/mol. The summed E-state index contributed by atoms with van der Waals surface area (Å²) in [7, 11) is 0. The average molecular weight is 379 g/mol. The van der Waals surface area contributed by atoms with Crippen LogP contribution in [0.25, 0.3) is 10.4 Å². The highest BCUT2D eigenvalue weighted by molar-refractivity contribution is 7.17. The summed E-state index contributed by atoms with van der Waals surface area (Å²) >= 11 is 2.71. The molecule has 0 unspecified atom stereocenters. The molecule has 0 aliphatic carbocycles. The van der Waals surface area contributed by atoms with Crippen molar-refractivity contribution in [3.63, 3.8) is 0 Å². The molecule has 2 aromatic heterocycles. The molecule has 2 aromatic rings. The highest BCUT2D eigenvalue weighted by Gasteiger charge is 2.23. The molecule has 0 aromatic carbocycles. The fourth-order valence-electron chi connectivity index (χ4n) is 1.95. The number of rotatable bonds is 7. The topological polar surface area (TPSA) is 81.7 Å². The largest absolute Gasteiger partial charge is 0.462 e. The monoisotopic (exact) mass is 379 g/mol. The van der Waals surface area contributed by atoms with Crippen molar-refractivity contribution < 1.29 is 23.9 Å². The van der Waals surface area contributed by atoms with E-state index in [1.54, 1.807) is 19.2 Å². The van der Waals surface area contributed by atoms with Gasteiger partial charge in [0, 0.05) is 21.9 Å². The zero-order valence-electron chi connectivity index (χ0n) is 13.7. The second kappa shape index (κ2) is 9.14. The molecule has 8 heteroatoms. The van der Waals surface area contributed by atoms with Crippen LogP contribution >= 0.6 is 22.7 Å². The number of nitrogens with one attached hydrogen (secondary N) is 1. The lowest BCUT2D eigenvalue weighted by Crippen LogP contribution is -2.21. The second-order valence-electron chi connectivity index (χ2n) is 4.71. The summed E-state index contributed by atoms with van der Waals surface area (Å²) in [6.45, 7) is 3.18. The van der Waals surface area contributed by atoms with Gasteiger partial charge in [0.15, 0.2) is 6.61 Å². The molecule has 0 aliphatic heterocycles. The Hall–Kier alpha value is -2.45. The van der Waals surface area contributed by atoms with Gasteiger partial charge in [-0.25, -0.2) is 9.59 Å². The first-order valence-corrected chi connectivity index (χ1v) is 9.24. The van der Waals surface area contributed by atoms with Crippen molar-refractivity contribution in [3.8, 4) is 10.4 Å². The third-order valence-corrected chi connectivity index (χ3v) is 4.76. The Balaban J connectivity index is 2.18.